The number of hydrogen-bond donors (Lipinski definition) is 2. The fourth-order valence-corrected chi connectivity index (χ4v) is 3.88. The van der Waals surface area contributed by atoms with Gasteiger partial charge in [-0.2, -0.15) is 0 Å². The Morgan fingerprint density at radius 1 is 1.00 bits per heavy atom. The SMILES string of the molecule is O=C(C[NH+](Cc1ccco1)Cc1ccco1)N[C@@H]1CCCc2ccccc21. The Kier molecular flexibility index (Phi) is 5.39. The van der Waals surface area contributed by atoms with Crippen LogP contribution in [-0.2, 0) is 24.3 Å². The predicted molar refractivity (Wildman–Crippen MR) is 101 cm³/mol. The molecule has 0 aliphatic heterocycles. The van der Waals surface area contributed by atoms with Gasteiger partial charge in [-0.3, -0.25) is 4.79 Å². The number of nitrogens with one attached hydrogen (secondary N) is 2. The minimum atomic E-state index is 0.0600. The van der Waals surface area contributed by atoms with Crippen LogP contribution in [-0.4, -0.2) is 12.5 Å². The highest BCUT2D eigenvalue weighted by Crippen LogP contribution is 2.29. The Hall–Kier alpha value is -2.79. The van der Waals surface area contributed by atoms with Gasteiger partial charge >= 0.3 is 0 Å². The molecule has 1 atom stereocenters. The minimum absolute atomic E-state index is 0.0600. The second-order valence-electron chi connectivity index (χ2n) is 7.15. The number of rotatable bonds is 7. The Labute approximate surface area is 159 Å². The standard InChI is InChI=1S/C22H24N2O3/c25-22(23-21-11-3-7-17-6-1-2-10-20(17)21)16-24(14-18-8-4-12-26-18)15-19-9-5-13-27-19/h1-2,4-6,8-10,12-13,21H,3,7,11,14-16H2,(H,23,25)/p+1/t21-/m1/s1. The van der Waals surface area contributed by atoms with Crippen molar-refractivity contribution in [2.24, 2.45) is 0 Å². The first-order valence-corrected chi connectivity index (χ1v) is 9.53. The predicted octanol–water partition coefficient (Wildman–Crippen LogP) is 2.65. The monoisotopic (exact) mass is 365 g/mol. The Bertz CT molecular complexity index is 819. The summed E-state index contributed by atoms with van der Waals surface area (Å²) in [4.78, 5) is 13.9. The minimum Gasteiger partial charge on any atom is -0.463 e. The van der Waals surface area contributed by atoms with E-state index in [1.165, 1.54) is 11.1 Å². The van der Waals surface area contributed by atoms with E-state index in [-0.39, 0.29) is 11.9 Å². The van der Waals surface area contributed by atoms with Crippen molar-refractivity contribution >= 4 is 5.91 Å². The quantitative estimate of drug-likeness (QED) is 0.677. The van der Waals surface area contributed by atoms with Crippen molar-refractivity contribution in [2.45, 2.75) is 38.4 Å². The molecule has 3 aromatic rings. The van der Waals surface area contributed by atoms with Crippen LogP contribution in [0.3, 0.4) is 0 Å². The van der Waals surface area contributed by atoms with Crippen molar-refractivity contribution in [3.8, 4) is 0 Å². The van der Waals surface area contributed by atoms with E-state index < -0.39 is 0 Å². The molecule has 5 heteroatoms. The van der Waals surface area contributed by atoms with E-state index in [9.17, 15) is 4.79 Å². The van der Waals surface area contributed by atoms with Crippen LogP contribution in [0.2, 0.25) is 0 Å². The highest BCUT2D eigenvalue weighted by molar-refractivity contribution is 5.77. The molecule has 4 rings (SSSR count). The molecule has 27 heavy (non-hydrogen) atoms. The molecule has 1 aliphatic carbocycles. The molecule has 1 aliphatic rings. The van der Waals surface area contributed by atoms with E-state index >= 15 is 0 Å². The molecule has 0 fully saturated rings. The van der Waals surface area contributed by atoms with E-state index in [0.29, 0.717) is 19.6 Å². The molecule has 5 nitrogen and oxygen atoms in total. The summed E-state index contributed by atoms with van der Waals surface area (Å²) in [7, 11) is 0. The molecular weight excluding hydrogens is 340 g/mol. The Balaban J connectivity index is 1.42. The first kappa shape index (κ1) is 17.6. The molecule has 0 bridgehead atoms. The van der Waals surface area contributed by atoms with Gasteiger partial charge in [0.15, 0.2) is 18.1 Å². The number of carbonyl (C=O) groups excluding carboxylic acids is 1. The van der Waals surface area contributed by atoms with Crippen LogP contribution in [0, 0.1) is 0 Å². The highest BCUT2D eigenvalue weighted by atomic mass is 16.3. The van der Waals surface area contributed by atoms with Crippen molar-refractivity contribution < 1.29 is 18.5 Å². The van der Waals surface area contributed by atoms with Crippen molar-refractivity contribution in [3.63, 3.8) is 0 Å². The molecule has 0 unspecified atom stereocenters. The van der Waals surface area contributed by atoms with Crippen molar-refractivity contribution in [1.29, 1.82) is 0 Å². The van der Waals surface area contributed by atoms with Crippen LogP contribution in [0.15, 0.2) is 69.9 Å². The average molecular weight is 365 g/mol. The lowest BCUT2D eigenvalue weighted by Gasteiger charge is -2.27. The summed E-state index contributed by atoms with van der Waals surface area (Å²) in [5, 5.41) is 3.24. The van der Waals surface area contributed by atoms with Gasteiger partial charge in [0.2, 0.25) is 0 Å². The third-order valence-corrected chi connectivity index (χ3v) is 5.12. The van der Waals surface area contributed by atoms with E-state index in [0.717, 1.165) is 35.7 Å². The van der Waals surface area contributed by atoms with E-state index in [1.54, 1.807) is 12.5 Å². The average Bonchev–Trinajstić information content (AvgIpc) is 3.36. The van der Waals surface area contributed by atoms with Crippen LogP contribution in [0.4, 0.5) is 0 Å². The second kappa shape index (κ2) is 8.27. The molecule has 0 saturated carbocycles. The fraction of sp³-hybridized carbons (Fsp3) is 0.318. The molecular formula is C22H25N2O3+. The molecule has 140 valence electrons. The first-order valence-electron chi connectivity index (χ1n) is 9.53. The lowest BCUT2D eigenvalue weighted by molar-refractivity contribution is -0.921. The number of benzene rings is 1. The third kappa shape index (κ3) is 4.49. The van der Waals surface area contributed by atoms with Crippen LogP contribution < -0.4 is 10.2 Å². The summed E-state index contributed by atoms with van der Waals surface area (Å²) in [6.45, 7) is 1.66. The smallest absolute Gasteiger partial charge is 0.275 e. The molecule has 1 aromatic carbocycles. The van der Waals surface area contributed by atoms with E-state index in [1.807, 2.05) is 24.3 Å². The second-order valence-corrected chi connectivity index (χ2v) is 7.15. The van der Waals surface area contributed by atoms with Gasteiger partial charge in [0.1, 0.15) is 13.1 Å². The number of quaternary nitrogens is 1. The maximum absolute atomic E-state index is 12.8. The number of amides is 1. The Morgan fingerprint density at radius 2 is 1.70 bits per heavy atom. The molecule has 0 spiro atoms. The Morgan fingerprint density at radius 3 is 2.37 bits per heavy atom. The summed E-state index contributed by atoms with van der Waals surface area (Å²) in [5.41, 5.74) is 2.61. The van der Waals surface area contributed by atoms with E-state index in [4.69, 9.17) is 8.83 Å². The molecule has 2 heterocycles. The molecule has 2 aromatic heterocycles. The van der Waals surface area contributed by atoms with Crippen LogP contribution in [0.5, 0.6) is 0 Å². The molecule has 0 radical (unpaired) electrons. The summed E-state index contributed by atoms with van der Waals surface area (Å²) in [6.07, 6.45) is 6.53. The van der Waals surface area contributed by atoms with E-state index in [2.05, 4.69) is 29.6 Å². The van der Waals surface area contributed by atoms with Gasteiger partial charge in [0, 0.05) is 0 Å². The normalized spacial score (nSPS) is 16.3. The fourth-order valence-electron chi connectivity index (χ4n) is 3.88. The summed E-state index contributed by atoms with van der Waals surface area (Å²) in [6, 6.07) is 16.2. The largest absolute Gasteiger partial charge is 0.463 e. The van der Waals surface area contributed by atoms with Gasteiger partial charge in [-0.1, -0.05) is 24.3 Å². The summed E-state index contributed by atoms with van der Waals surface area (Å²) >= 11 is 0. The number of hydrogen-bond acceptors (Lipinski definition) is 3. The maximum Gasteiger partial charge on any atom is 0.275 e. The molecule has 2 N–H and O–H groups in total. The number of fused-ring (bicyclic) bond motifs is 1. The van der Waals surface area contributed by atoms with Gasteiger partial charge in [0.05, 0.1) is 18.6 Å². The molecule has 1 amide bonds. The molecule has 0 saturated heterocycles. The van der Waals surface area contributed by atoms with Crippen molar-refractivity contribution in [1.82, 2.24) is 5.32 Å². The number of aryl methyl sites for hydroxylation is 1. The zero-order valence-electron chi connectivity index (χ0n) is 15.3. The number of furan rings is 2. The van der Waals surface area contributed by atoms with Crippen molar-refractivity contribution in [3.05, 3.63) is 83.7 Å². The lowest BCUT2D eigenvalue weighted by Crippen LogP contribution is -3.10. The first-order chi connectivity index (χ1) is 13.3. The van der Waals surface area contributed by atoms with Gasteiger partial charge in [-0.25, -0.2) is 0 Å². The van der Waals surface area contributed by atoms with Crippen LogP contribution >= 0.6 is 0 Å². The number of carbonyl (C=O) groups is 1. The third-order valence-electron chi connectivity index (χ3n) is 5.12. The van der Waals surface area contributed by atoms with Gasteiger partial charge in [-0.15, -0.1) is 0 Å². The summed E-state index contributed by atoms with van der Waals surface area (Å²) in [5.74, 6) is 1.80. The van der Waals surface area contributed by atoms with Crippen LogP contribution in [0.25, 0.3) is 0 Å². The maximum atomic E-state index is 12.8. The summed E-state index contributed by atoms with van der Waals surface area (Å²) < 4.78 is 11.0. The lowest BCUT2D eigenvalue weighted by atomic mass is 9.88. The van der Waals surface area contributed by atoms with Crippen LogP contribution in [0.1, 0.15) is 41.5 Å². The van der Waals surface area contributed by atoms with Gasteiger partial charge in [0.25, 0.3) is 5.91 Å². The van der Waals surface area contributed by atoms with Gasteiger partial charge < -0.3 is 19.1 Å². The van der Waals surface area contributed by atoms with Crippen molar-refractivity contribution in [2.75, 3.05) is 6.54 Å². The van der Waals surface area contributed by atoms with Gasteiger partial charge in [-0.05, 0) is 54.7 Å². The highest BCUT2D eigenvalue weighted by Gasteiger charge is 2.24. The zero-order chi connectivity index (χ0) is 18.5. The zero-order valence-corrected chi connectivity index (χ0v) is 15.3. The topological polar surface area (TPSA) is 59.8 Å².